The van der Waals surface area contributed by atoms with E-state index in [1.807, 2.05) is 19.2 Å². The summed E-state index contributed by atoms with van der Waals surface area (Å²) in [5.74, 6) is 0.518. The fourth-order valence-corrected chi connectivity index (χ4v) is 3.29. The Morgan fingerprint density at radius 1 is 1.31 bits per heavy atom. The molecule has 0 bridgehead atoms. The second kappa shape index (κ2) is 7.25. The molecule has 2 aliphatic rings. The Morgan fingerprint density at radius 2 is 2.08 bits per heavy atom. The number of anilines is 1. The van der Waals surface area contributed by atoms with Crippen molar-refractivity contribution in [1.29, 1.82) is 0 Å². The van der Waals surface area contributed by atoms with Crippen LogP contribution >= 0.6 is 0 Å². The van der Waals surface area contributed by atoms with E-state index in [0.717, 1.165) is 12.0 Å². The molecule has 2 unspecified atom stereocenters. The molecular formula is C19H28N4O3. The molecule has 3 rings (SSSR count). The van der Waals surface area contributed by atoms with Gasteiger partial charge in [-0.2, -0.15) is 0 Å². The molecule has 26 heavy (non-hydrogen) atoms. The van der Waals surface area contributed by atoms with Gasteiger partial charge in [-0.25, -0.2) is 0 Å². The minimum Gasteiger partial charge on any atom is -0.482 e. The molecule has 142 valence electrons. The van der Waals surface area contributed by atoms with Crippen LogP contribution in [-0.2, 0) is 16.0 Å². The van der Waals surface area contributed by atoms with E-state index < -0.39 is 0 Å². The maximum absolute atomic E-state index is 12.6. The molecule has 2 amide bonds. The van der Waals surface area contributed by atoms with Crippen molar-refractivity contribution in [3.8, 4) is 5.75 Å². The molecule has 2 atom stereocenters. The Bertz CT molecular complexity index is 699. The molecule has 7 nitrogen and oxygen atoms in total. The first-order valence-corrected chi connectivity index (χ1v) is 9.03. The molecule has 2 aliphatic heterocycles. The number of hydrogen-bond donors (Lipinski definition) is 3. The van der Waals surface area contributed by atoms with Crippen LogP contribution in [0, 0.1) is 5.41 Å². The van der Waals surface area contributed by atoms with Crippen molar-refractivity contribution in [1.82, 2.24) is 15.8 Å². The fourth-order valence-electron chi connectivity index (χ4n) is 3.29. The van der Waals surface area contributed by atoms with Crippen LogP contribution in [0.5, 0.6) is 5.75 Å². The van der Waals surface area contributed by atoms with Gasteiger partial charge in [-0.05, 0) is 29.5 Å². The Kier molecular flexibility index (Phi) is 5.20. The number of hydrazine groups is 1. The summed E-state index contributed by atoms with van der Waals surface area (Å²) in [5.41, 5.74) is 8.30. The quantitative estimate of drug-likeness (QED) is 0.754. The lowest BCUT2D eigenvalue weighted by Crippen LogP contribution is -2.43. The van der Waals surface area contributed by atoms with Crippen molar-refractivity contribution >= 4 is 17.5 Å². The number of fused-ring (bicyclic) bond motifs is 1. The average Bonchev–Trinajstić information content (AvgIpc) is 3.03. The summed E-state index contributed by atoms with van der Waals surface area (Å²) in [6, 6.07) is 6.11. The maximum Gasteiger partial charge on any atom is 0.262 e. The normalized spacial score (nSPS) is 22.4. The highest BCUT2D eigenvalue weighted by atomic mass is 16.5. The van der Waals surface area contributed by atoms with Gasteiger partial charge in [-0.3, -0.25) is 20.4 Å². The van der Waals surface area contributed by atoms with Crippen LogP contribution < -0.4 is 20.9 Å². The first-order chi connectivity index (χ1) is 12.2. The van der Waals surface area contributed by atoms with E-state index in [1.165, 1.54) is 0 Å². The summed E-state index contributed by atoms with van der Waals surface area (Å²) in [7, 11) is 1.83. The highest BCUT2D eigenvalue weighted by molar-refractivity contribution is 5.95. The Hall–Kier alpha value is -2.12. The fraction of sp³-hybridized carbons (Fsp3) is 0.579. The first-order valence-electron chi connectivity index (χ1n) is 9.03. The molecule has 3 N–H and O–H groups in total. The van der Waals surface area contributed by atoms with Gasteiger partial charge in [0.2, 0.25) is 5.91 Å². The lowest BCUT2D eigenvalue weighted by molar-refractivity contribution is -0.129. The molecule has 7 heteroatoms. The number of carbonyl (C=O) groups excluding carboxylic acids is 2. The summed E-state index contributed by atoms with van der Waals surface area (Å²) in [5, 5.41) is 2.77. The number of nitrogens with one attached hydrogen (secondary N) is 3. The summed E-state index contributed by atoms with van der Waals surface area (Å²) in [6.45, 7) is 7.32. The van der Waals surface area contributed by atoms with Crippen LogP contribution in [0.25, 0.3) is 0 Å². The molecule has 1 aromatic rings. The third-order valence-electron chi connectivity index (χ3n) is 4.98. The Labute approximate surface area is 154 Å². The van der Waals surface area contributed by atoms with Gasteiger partial charge in [0.05, 0.1) is 12.1 Å². The predicted octanol–water partition coefficient (Wildman–Crippen LogP) is 1.30. The molecular weight excluding hydrogens is 332 g/mol. The minimum absolute atomic E-state index is 0.0337. The van der Waals surface area contributed by atoms with E-state index in [-0.39, 0.29) is 29.9 Å². The van der Waals surface area contributed by atoms with Gasteiger partial charge in [0.15, 0.2) is 6.61 Å². The van der Waals surface area contributed by atoms with E-state index in [0.29, 0.717) is 30.4 Å². The van der Waals surface area contributed by atoms with E-state index in [4.69, 9.17) is 4.74 Å². The highest BCUT2D eigenvalue weighted by Crippen LogP contribution is 2.29. The topological polar surface area (TPSA) is 82.7 Å². The van der Waals surface area contributed by atoms with Crippen LogP contribution in [-0.4, -0.2) is 49.0 Å². The zero-order valence-electron chi connectivity index (χ0n) is 15.9. The van der Waals surface area contributed by atoms with E-state index in [2.05, 4.69) is 36.9 Å². The Morgan fingerprint density at radius 3 is 2.77 bits per heavy atom. The van der Waals surface area contributed by atoms with Crippen LogP contribution in [0.15, 0.2) is 18.2 Å². The molecule has 1 fully saturated rings. The van der Waals surface area contributed by atoms with Gasteiger partial charge in [0.1, 0.15) is 5.75 Å². The molecule has 1 saturated heterocycles. The summed E-state index contributed by atoms with van der Waals surface area (Å²) in [6.07, 6.45) is 1.28. The number of amides is 2. The molecule has 0 radical (unpaired) electrons. The molecule has 0 aliphatic carbocycles. The number of rotatable bonds is 4. The van der Waals surface area contributed by atoms with Crippen LogP contribution in [0.4, 0.5) is 5.69 Å². The van der Waals surface area contributed by atoms with E-state index in [9.17, 15) is 9.59 Å². The predicted molar refractivity (Wildman–Crippen MR) is 99.8 cm³/mol. The third-order valence-corrected chi connectivity index (χ3v) is 4.98. The van der Waals surface area contributed by atoms with Crippen LogP contribution in [0.3, 0.4) is 0 Å². The molecule has 0 spiro atoms. The Balaban J connectivity index is 1.55. The SMILES string of the molecule is CN(CC1CC(C(C)(C)C)NN1)C(=O)Cc1ccc2c(c1)NC(=O)CO2. The standard InChI is InChI=1S/C19H28N4O3/c1-19(2,3)16-9-13(21-22-16)10-23(4)18(25)8-12-5-6-15-14(7-12)20-17(24)11-26-15/h5-7,13,16,21-22H,8-11H2,1-4H3,(H,20,24). The molecule has 2 heterocycles. The lowest BCUT2D eigenvalue weighted by Gasteiger charge is -2.26. The summed E-state index contributed by atoms with van der Waals surface area (Å²) in [4.78, 5) is 25.8. The van der Waals surface area contributed by atoms with Crippen molar-refractivity contribution in [2.75, 3.05) is 25.5 Å². The minimum atomic E-state index is -0.175. The number of carbonyl (C=O) groups is 2. The van der Waals surface area contributed by atoms with Gasteiger partial charge in [0.25, 0.3) is 5.91 Å². The summed E-state index contributed by atoms with van der Waals surface area (Å²) < 4.78 is 5.35. The first kappa shape index (κ1) is 18.7. The van der Waals surface area contributed by atoms with Crippen molar-refractivity contribution < 1.29 is 14.3 Å². The largest absolute Gasteiger partial charge is 0.482 e. The smallest absolute Gasteiger partial charge is 0.262 e. The van der Waals surface area contributed by atoms with E-state index in [1.54, 1.807) is 11.0 Å². The molecule has 1 aromatic carbocycles. The zero-order valence-corrected chi connectivity index (χ0v) is 15.9. The monoisotopic (exact) mass is 360 g/mol. The van der Waals surface area contributed by atoms with Crippen LogP contribution in [0.2, 0.25) is 0 Å². The second-order valence-electron chi connectivity index (χ2n) is 8.26. The average molecular weight is 360 g/mol. The number of benzene rings is 1. The molecule has 0 aromatic heterocycles. The number of likely N-dealkylation sites (N-methyl/N-ethyl adjacent to an activating group) is 1. The van der Waals surface area contributed by atoms with Gasteiger partial charge in [-0.1, -0.05) is 26.8 Å². The lowest BCUT2D eigenvalue weighted by atomic mass is 9.84. The number of ether oxygens (including phenoxy) is 1. The van der Waals surface area contributed by atoms with Gasteiger partial charge >= 0.3 is 0 Å². The van der Waals surface area contributed by atoms with Gasteiger partial charge in [-0.15, -0.1) is 0 Å². The maximum atomic E-state index is 12.6. The molecule has 0 saturated carbocycles. The van der Waals surface area contributed by atoms with Gasteiger partial charge < -0.3 is 15.0 Å². The van der Waals surface area contributed by atoms with Crippen molar-refractivity contribution in [3.63, 3.8) is 0 Å². The second-order valence-corrected chi connectivity index (χ2v) is 8.26. The van der Waals surface area contributed by atoms with Crippen molar-refractivity contribution in [2.45, 2.75) is 45.7 Å². The zero-order chi connectivity index (χ0) is 18.9. The number of nitrogens with zero attached hydrogens (tertiary/aromatic N) is 1. The summed E-state index contributed by atoms with van der Waals surface area (Å²) >= 11 is 0. The van der Waals surface area contributed by atoms with Gasteiger partial charge in [0, 0.05) is 25.7 Å². The third kappa shape index (κ3) is 4.34. The van der Waals surface area contributed by atoms with Crippen LogP contribution in [0.1, 0.15) is 32.8 Å². The highest BCUT2D eigenvalue weighted by Gasteiger charge is 2.33. The number of hydrogen-bond acceptors (Lipinski definition) is 5. The van der Waals surface area contributed by atoms with Crippen molar-refractivity contribution in [3.05, 3.63) is 23.8 Å². The van der Waals surface area contributed by atoms with E-state index >= 15 is 0 Å². The van der Waals surface area contributed by atoms with Crippen molar-refractivity contribution in [2.24, 2.45) is 5.41 Å².